The zero-order valence-corrected chi connectivity index (χ0v) is 31.5. The van der Waals surface area contributed by atoms with Crippen molar-refractivity contribution in [2.45, 2.75) is 110 Å². The molecule has 1 unspecified atom stereocenters. The van der Waals surface area contributed by atoms with Crippen molar-refractivity contribution in [3.05, 3.63) is 56.3 Å². The summed E-state index contributed by atoms with van der Waals surface area (Å²) in [4.78, 5) is 28.0. The largest absolute Gasteiger partial charge is 0.540 e. The Kier molecular flexibility index (Phi) is 11.4. The summed E-state index contributed by atoms with van der Waals surface area (Å²) in [6.07, 6.45) is 2.66. The van der Waals surface area contributed by atoms with Crippen LogP contribution in [0.1, 0.15) is 84.7 Å². The minimum Gasteiger partial charge on any atom is -0.540 e. The highest BCUT2D eigenvalue weighted by atomic mass is 32.1. The maximum absolute atomic E-state index is 14.3. The molecule has 244 valence electrons. The number of nitrogens with zero attached hydrogens (tertiary/aromatic N) is 2. The number of nitro groups is 1. The first-order valence-corrected chi connectivity index (χ1v) is 21.6. The Balaban J connectivity index is 2.08. The van der Waals surface area contributed by atoms with Crippen LogP contribution in [0.2, 0.25) is 34.8 Å². The highest BCUT2D eigenvalue weighted by molar-refractivity contribution is 7.08. The first kappa shape index (κ1) is 36.0. The zero-order valence-electron chi connectivity index (χ0n) is 28.6. The second kappa shape index (κ2) is 13.9. The zero-order chi connectivity index (χ0) is 33.2. The second-order valence-electron chi connectivity index (χ2n) is 14.3. The molecule has 8 nitrogen and oxygen atoms in total. The summed E-state index contributed by atoms with van der Waals surface area (Å²) in [6, 6.07) is 4.71. The number of rotatable bonds is 12. The van der Waals surface area contributed by atoms with Crippen molar-refractivity contribution in [2.75, 3.05) is 20.3 Å². The second-order valence-corrected chi connectivity index (χ2v) is 25.3. The molecule has 1 atom stereocenters. The van der Waals surface area contributed by atoms with Gasteiger partial charge in [0.25, 0.3) is 19.9 Å². The van der Waals surface area contributed by atoms with Gasteiger partial charge in [-0.3, -0.25) is 14.9 Å². The molecule has 1 aliphatic heterocycles. The number of methoxy groups -OCH3 is 1. The highest BCUT2D eigenvalue weighted by Gasteiger charge is 2.48. The topological polar surface area (TPSA) is 91.1 Å². The summed E-state index contributed by atoms with van der Waals surface area (Å²) in [5, 5.41) is 16.7. The van der Waals surface area contributed by atoms with Crippen LogP contribution in [0, 0.1) is 10.1 Å². The molecule has 2 aromatic rings. The minimum atomic E-state index is -2.46. The molecule has 0 aliphatic carbocycles. The van der Waals surface area contributed by atoms with Crippen molar-refractivity contribution >= 4 is 45.1 Å². The average molecular weight is 661 g/mol. The van der Waals surface area contributed by atoms with Crippen LogP contribution < -0.4 is 9.16 Å². The van der Waals surface area contributed by atoms with E-state index in [2.05, 4.69) is 92.9 Å². The first-order chi connectivity index (χ1) is 20.4. The number of thiophene rings is 1. The molecule has 1 aromatic heterocycles. The number of ether oxygens (including phenoxy) is 1. The first-order valence-electron chi connectivity index (χ1n) is 15.6. The maximum atomic E-state index is 14.3. The third-order valence-corrected chi connectivity index (χ3v) is 20.9. The fourth-order valence-electron chi connectivity index (χ4n) is 6.22. The fourth-order valence-corrected chi connectivity index (χ4v) is 13.2. The highest BCUT2D eigenvalue weighted by Crippen LogP contribution is 2.46. The van der Waals surface area contributed by atoms with Crippen LogP contribution in [0.5, 0.6) is 11.5 Å². The number of benzene rings is 1. The van der Waals surface area contributed by atoms with E-state index in [1.54, 1.807) is 16.2 Å². The molecule has 1 aromatic carbocycles. The monoisotopic (exact) mass is 660 g/mol. The quantitative estimate of drug-likeness (QED) is 0.128. The van der Waals surface area contributed by atoms with Gasteiger partial charge in [0.2, 0.25) is 0 Å². The molecule has 0 radical (unpaired) electrons. The van der Waals surface area contributed by atoms with Gasteiger partial charge in [0.05, 0.1) is 30.7 Å². The van der Waals surface area contributed by atoms with Crippen LogP contribution in [0.25, 0.3) is 5.57 Å². The van der Waals surface area contributed by atoms with E-state index in [4.69, 9.17) is 13.6 Å². The van der Waals surface area contributed by atoms with E-state index in [0.717, 1.165) is 11.1 Å². The van der Waals surface area contributed by atoms with Gasteiger partial charge in [0, 0.05) is 12.6 Å². The van der Waals surface area contributed by atoms with Crippen molar-refractivity contribution in [1.29, 1.82) is 0 Å². The van der Waals surface area contributed by atoms with Gasteiger partial charge >= 0.3 is 0 Å². The summed E-state index contributed by atoms with van der Waals surface area (Å²) < 4.78 is 19.2. The van der Waals surface area contributed by atoms with E-state index in [9.17, 15) is 14.9 Å². The number of hydrogen-bond acceptors (Lipinski definition) is 7. The van der Waals surface area contributed by atoms with Gasteiger partial charge < -0.3 is 18.5 Å². The molecule has 0 fully saturated rings. The fraction of sp³-hybridized carbons (Fsp3) is 0.606. The standard InChI is InChI=1S/C33H52N2O6SSi2/c1-22(2)44(23(3)4,24(5)6)41-31-19-29(35(37)38)28(18-30(31)39-10)32(36)34-15-13-25(26-14-16-42-21-26)17-27(34)20-40-43(11,12)33(7,8)9/h13-14,16,18-19,21-24,27H,15,17,20H2,1-12H3. The van der Waals surface area contributed by atoms with Gasteiger partial charge in [0.15, 0.2) is 19.8 Å². The Morgan fingerprint density at radius 3 is 2.18 bits per heavy atom. The van der Waals surface area contributed by atoms with Crippen LogP contribution in [0.3, 0.4) is 0 Å². The molecule has 2 heterocycles. The summed E-state index contributed by atoms with van der Waals surface area (Å²) in [6.45, 7) is 24.6. The van der Waals surface area contributed by atoms with Gasteiger partial charge in [-0.2, -0.15) is 11.3 Å². The van der Waals surface area contributed by atoms with Gasteiger partial charge in [-0.15, -0.1) is 0 Å². The Morgan fingerprint density at radius 1 is 1.09 bits per heavy atom. The molecule has 0 N–H and O–H groups in total. The van der Waals surface area contributed by atoms with Crippen molar-refractivity contribution in [1.82, 2.24) is 4.90 Å². The van der Waals surface area contributed by atoms with Gasteiger partial charge in [-0.25, -0.2) is 0 Å². The number of carbonyl (C=O) groups is 1. The predicted molar refractivity (Wildman–Crippen MR) is 186 cm³/mol. The smallest absolute Gasteiger partial charge is 0.286 e. The molecule has 0 saturated carbocycles. The van der Waals surface area contributed by atoms with Gasteiger partial charge in [-0.05, 0) is 69.1 Å². The minimum absolute atomic E-state index is 0.00480. The summed E-state index contributed by atoms with van der Waals surface area (Å²) in [5.74, 6) is 0.249. The van der Waals surface area contributed by atoms with Crippen molar-refractivity contribution in [2.24, 2.45) is 0 Å². The number of carbonyl (C=O) groups excluding carboxylic acids is 1. The number of nitro benzene ring substituents is 1. The van der Waals surface area contributed by atoms with E-state index in [-0.39, 0.29) is 39.0 Å². The molecule has 1 aliphatic rings. The van der Waals surface area contributed by atoms with Crippen molar-refractivity contribution < 1.29 is 23.3 Å². The predicted octanol–water partition coefficient (Wildman–Crippen LogP) is 9.54. The molecule has 44 heavy (non-hydrogen) atoms. The summed E-state index contributed by atoms with van der Waals surface area (Å²) in [5.41, 5.74) is 2.79. The van der Waals surface area contributed by atoms with E-state index < -0.39 is 27.5 Å². The molecule has 0 spiro atoms. The van der Waals surface area contributed by atoms with E-state index in [0.29, 0.717) is 31.1 Å². The molecular weight excluding hydrogens is 609 g/mol. The molecule has 0 saturated heterocycles. The maximum Gasteiger partial charge on any atom is 0.286 e. The van der Waals surface area contributed by atoms with Crippen LogP contribution in [0.4, 0.5) is 5.69 Å². The third-order valence-electron chi connectivity index (χ3n) is 9.73. The van der Waals surface area contributed by atoms with E-state index in [1.165, 1.54) is 19.2 Å². The van der Waals surface area contributed by atoms with Gasteiger partial charge in [-0.1, -0.05) is 68.4 Å². The lowest BCUT2D eigenvalue weighted by atomic mass is 9.95. The number of hydrogen-bond donors (Lipinski definition) is 0. The Morgan fingerprint density at radius 2 is 1.70 bits per heavy atom. The van der Waals surface area contributed by atoms with Crippen LogP contribution in [-0.4, -0.2) is 58.7 Å². The average Bonchev–Trinajstić information content (AvgIpc) is 3.48. The molecule has 3 rings (SSSR count). The lowest BCUT2D eigenvalue weighted by molar-refractivity contribution is -0.385. The normalized spacial score (nSPS) is 16.5. The van der Waals surface area contributed by atoms with Crippen LogP contribution in [0.15, 0.2) is 35.0 Å². The molecule has 1 amide bonds. The Hall–Kier alpha value is -2.48. The SMILES string of the molecule is COc1cc(C(=O)N2CC=C(c3ccsc3)CC2CO[Si](C)(C)C(C)(C)C)c([N+](=O)[O-])cc1O[Si](C(C)C)(C(C)C)C(C)C. The summed E-state index contributed by atoms with van der Waals surface area (Å²) >= 11 is 1.64. The molecule has 11 heteroatoms. The summed E-state index contributed by atoms with van der Waals surface area (Å²) in [7, 11) is -3.06. The molecular formula is C33H52N2O6SSi2. The van der Waals surface area contributed by atoms with E-state index in [1.807, 2.05) is 5.38 Å². The third kappa shape index (κ3) is 7.32. The molecule has 0 bridgehead atoms. The number of amides is 1. The van der Waals surface area contributed by atoms with E-state index >= 15 is 0 Å². The lowest BCUT2D eigenvalue weighted by Gasteiger charge is -2.42. The Bertz CT molecular complexity index is 1330. The lowest BCUT2D eigenvalue weighted by Crippen LogP contribution is -2.50. The van der Waals surface area contributed by atoms with Crippen LogP contribution >= 0.6 is 11.3 Å². The van der Waals surface area contributed by atoms with Crippen molar-refractivity contribution in [3.8, 4) is 11.5 Å². The van der Waals surface area contributed by atoms with Gasteiger partial charge in [0.1, 0.15) is 5.56 Å². The van der Waals surface area contributed by atoms with Crippen molar-refractivity contribution in [3.63, 3.8) is 0 Å². The van der Waals surface area contributed by atoms with Crippen LogP contribution in [-0.2, 0) is 4.43 Å². The Labute approximate surface area is 270 Å².